The molecule has 0 bridgehead atoms. The van der Waals surface area contributed by atoms with E-state index in [-0.39, 0.29) is 12.1 Å². The van der Waals surface area contributed by atoms with E-state index in [4.69, 9.17) is 9.47 Å². The fraction of sp³-hybridized carbons (Fsp3) is 0.650. The lowest BCUT2D eigenvalue weighted by molar-refractivity contribution is 0.0143. The third-order valence-corrected chi connectivity index (χ3v) is 4.32. The minimum Gasteiger partial charge on any atom is -0.376 e. The summed E-state index contributed by atoms with van der Waals surface area (Å²) in [7, 11) is 0. The summed E-state index contributed by atoms with van der Waals surface area (Å²) in [4.78, 5) is 12.2. The first-order valence-corrected chi connectivity index (χ1v) is 9.49. The molecule has 1 saturated carbocycles. The largest absolute Gasteiger partial charge is 0.376 e. The highest BCUT2D eigenvalue weighted by molar-refractivity contribution is 5.89. The zero-order valence-corrected chi connectivity index (χ0v) is 15.6. The maximum atomic E-state index is 12.2. The van der Waals surface area contributed by atoms with E-state index in [1.807, 2.05) is 38.1 Å². The van der Waals surface area contributed by atoms with Gasteiger partial charge in [-0.15, -0.1) is 0 Å². The molecule has 0 heterocycles. The fourth-order valence-corrected chi connectivity index (χ4v) is 3.05. The van der Waals surface area contributed by atoms with Gasteiger partial charge in [-0.05, 0) is 44.4 Å². The molecule has 0 radical (unpaired) electrons. The minimum atomic E-state index is -0.115. The van der Waals surface area contributed by atoms with Crippen molar-refractivity contribution in [2.45, 2.75) is 71.1 Å². The van der Waals surface area contributed by atoms with Crippen LogP contribution in [0.5, 0.6) is 0 Å². The van der Waals surface area contributed by atoms with Gasteiger partial charge in [0.15, 0.2) is 0 Å². The Balaban J connectivity index is 1.73. The number of hydrogen-bond acceptors (Lipinski definition) is 3. The van der Waals surface area contributed by atoms with Crippen molar-refractivity contribution in [3.8, 4) is 0 Å². The van der Waals surface area contributed by atoms with E-state index in [1.165, 1.54) is 25.7 Å². The van der Waals surface area contributed by atoms with E-state index in [9.17, 15) is 4.79 Å². The highest BCUT2D eigenvalue weighted by Crippen LogP contribution is 2.17. The average molecular weight is 348 g/mol. The quantitative estimate of drug-likeness (QED) is 0.538. The second-order valence-electron chi connectivity index (χ2n) is 6.96. The minimum absolute atomic E-state index is 0.115. The lowest BCUT2D eigenvalue weighted by atomic mass is 10.1. The van der Waals surface area contributed by atoms with Gasteiger partial charge in [0.25, 0.3) is 0 Å². The number of ether oxygens (including phenoxy) is 2. The molecule has 0 spiro atoms. The molecule has 5 heteroatoms. The van der Waals surface area contributed by atoms with Gasteiger partial charge in [0, 0.05) is 11.7 Å². The summed E-state index contributed by atoms with van der Waals surface area (Å²) in [5, 5.41) is 6.04. The Hall–Kier alpha value is -1.59. The Kier molecular flexibility index (Phi) is 8.77. The van der Waals surface area contributed by atoms with Gasteiger partial charge in [-0.25, -0.2) is 4.79 Å². The van der Waals surface area contributed by atoms with E-state index in [0.717, 1.165) is 24.1 Å². The summed E-state index contributed by atoms with van der Waals surface area (Å²) < 4.78 is 11.1. The van der Waals surface area contributed by atoms with Crippen LogP contribution in [-0.4, -0.2) is 31.4 Å². The molecule has 0 atom stereocenters. The van der Waals surface area contributed by atoms with Crippen LogP contribution in [0.25, 0.3) is 0 Å². The second-order valence-corrected chi connectivity index (χ2v) is 6.96. The summed E-state index contributed by atoms with van der Waals surface area (Å²) in [5.41, 5.74) is 1.84. The molecule has 1 aromatic carbocycles. The smallest absolute Gasteiger partial charge is 0.319 e. The van der Waals surface area contributed by atoms with Crippen molar-refractivity contribution in [1.29, 1.82) is 0 Å². The van der Waals surface area contributed by atoms with Crippen LogP contribution in [0.15, 0.2) is 24.3 Å². The molecular weight excluding hydrogens is 316 g/mol. The van der Waals surface area contributed by atoms with E-state index in [1.54, 1.807) is 0 Å². The first-order valence-electron chi connectivity index (χ1n) is 9.49. The van der Waals surface area contributed by atoms with Crippen molar-refractivity contribution >= 4 is 11.7 Å². The van der Waals surface area contributed by atoms with Crippen LogP contribution in [0, 0.1) is 0 Å². The van der Waals surface area contributed by atoms with Crippen LogP contribution >= 0.6 is 0 Å². The summed E-state index contributed by atoms with van der Waals surface area (Å²) in [6, 6.07) is 7.97. The molecule has 5 nitrogen and oxygen atoms in total. The molecule has 2 amide bonds. The van der Waals surface area contributed by atoms with Gasteiger partial charge in [0.1, 0.15) is 0 Å². The molecule has 2 N–H and O–H groups in total. The molecule has 2 rings (SSSR count). The zero-order chi connectivity index (χ0) is 17.9. The number of urea groups is 1. The molecule has 1 aliphatic carbocycles. The Morgan fingerprint density at radius 2 is 1.92 bits per heavy atom. The molecule has 25 heavy (non-hydrogen) atoms. The Morgan fingerprint density at radius 1 is 1.16 bits per heavy atom. The molecular formula is C20H32N2O3. The van der Waals surface area contributed by atoms with Crippen LogP contribution in [-0.2, 0) is 16.1 Å². The third kappa shape index (κ3) is 8.36. The van der Waals surface area contributed by atoms with Crippen molar-refractivity contribution in [2.24, 2.45) is 0 Å². The van der Waals surface area contributed by atoms with Crippen LogP contribution in [0.4, 0.5) is 10.5 Å². The van der Waals surface area contributed by atoms with Crippen LogP contribution in [0.3, 0.4) is 0 Å². The van der Waals surface area contributed by atoms with E-state index in [2.05, 4.69) is 10.6 Å². The van der Waals surface area contributed by atoms with Crippen LogP contribution < -0.4 is 10.6 Å². The zero-order valence-electron chi connectivity index (χ0n) is 15.6. The molecule has 140 valence electrons. The van der Waals surface area contributed by atoms with Gasteiger partial charge >= 0.3 is 6.03 Å². The van der Waals surface area contributed by atoms with Crippen molar-refractivity contribution < 1.29 is 14.3 Å². The summed E-state index contributed by atoms with van der Waals surface area (Å²) in [6.07, 6.45) is 7.37. The van der Waals surface area contributed by atoms with Crippen LogP contribution in [0.2, 0.25) is 0 Å². The number of amides is 2. The van der Waals surface area contributed by atoms with Gasteiger partial charge in [-0.2, -0.15) is 0 Å². The van der Waals surface area contributed by atoms with Crippen LogP contribution in [0.1, 0.15) is 57.9 Å². The summed E-state index contributed by atoms with van der Waals surface area (Å²) >= 11 is 0. The van der Waals surface area contributed by atoms with Gasteiger partial charge in [-0.3, -0.25) is 0 Å². The third-order valence-electron chi connectivity index (χ3n) is 4.32. The first kappa shape index (κ1) is 19.7. The lowest BCUT2D eigenvalue weighted by Gasteiger charge is -2.17. The standard InChI is InChI=1S/C20H32N2O3/c1-16(2)25-13-12-24-15-17-8-7-11-19(14-17)22-20(23)21-18-9-5-3-4-6-10-18/h7-8,11,14,16,18H,3-6,9-10,12-13,15H2,1-2H3,(H2,21,22,23). The number of carbonyl (C=O) groups is 1. The SMILES string of the molecule is CC(C)OCCOCc1cccc(NC(=O)NC2CCCCCC2)c1. The topological polar surface area (TPSA) is 59.6 Å². The van der Waals surface area contributed by atoms with E-state index in [0.29, 0.717) is 25.9 Å². The number of rotatable bonds is 8. The molecule has 0 unspecified atom stereocenters. The molecule has 1 fully saturated rings. The predicted octanol–water partition coefficient (Wildman–Crippen LogP) is 4.47. The number of anilines is 1. The predicted molar refractivity (Wildman–Crippen MR) is 101 cm³/mol. The molecule has 1 aromatic rings. The van der Waals surface area contributed by atoms with Gasteiger partial charge < -0.3 is 20.1 Å². The number of carbonyl (C=O) groups excluding carboxylic acids is 1. The lowest BCUT2D eigenvalue weighted by Crippen LogP contribution is -2.37. The summed E-state index contributed by atoms with van der Waals surface area (Å²) in [6.45, 7) is 5.70. The molecule has 0 aromatic heterocycles. The number of benzene rings is 1. The Morgan fingerprint density at radius 3 is 2.64 bits per heavy atom. The second kappa shape index (κ2) is 11.1. The maximum absolute atomic E-state index is 12.2. The first-order chi connectivity index (χ1) is 12.1. The van der Waals surface area contributed by atoms with Gasteiger partial charge in [0.2, 0.25) is 0 Å². The van der Waals surface area contributed by atoms with Crippen molar-refractivity contribution in [2.75, 3.05) is 18.5 Å². The fourth-order valence-electron chi connectivity index (χ4n) is 3.05. The normalized spacial score (nSPS) is 15.8. The maximum Gasteiger partial charge on any atom is 0.319 e. The van der Waals surface area contributed by atoms with E-state index >= 15 is 0 Å². The van der Waals surface area contributed by atoms with Gasteiger partial charge in [0.05, 0.1) is 25.9 Å². The van der Waals surface area contributed by atoms with E-state index < -0.39 is 0 Å². The Bertz CT molecular complexity index is 511. The highest BCUT2D eigenvalue weighted by Gasteiger charge is 2.14. The summed E-state index contributed by atoms with van der Waals surface area (Å²) in [5.74, 6) is 0. The molecule has 0 aliphatic heterocycles. The molecule has 1 aliphatic rings. The molecule has 0 saturated heterocycles. The number of nitrogens with one attached hydrogen (secondary N) is 2. The van der Waals surface area contributed by atoms with Gasteiger partial charge in [-0.1, -0.05) is 37.8 Å². The Labute approximate surface area is 151 Å². The monoisotopic (exact) mass is 348 g/mol. The average Bonchev–Trinajstić information content (AvgIpc) is 2.83. The highest BCUT2D eigenvalue weighted by atomic mass is 16.5. The van der Waals surface area contributed by atoms with Crippen molar-refractivity contribution in [3.63, 3.8) is 0 Å². The van der Waals surface area contributed by atoms with Crippen molar-refractivity contribution in [1.82, 2.24) is 5.32 Å². The van der Waals surface area contributed by atoms with Crippen molar-refractivity contribution in [3.05, 3.63) is 29.8 Å². The number of hydrogen-bond donors (Lipinski definition) is 2.